The summed E-state index contributed by atoms with van der Waals surface area (Å²) in [5.41, 5.74) is 1.84. The number of carbonyl (C=O) groups is 2. The number of aryl methyl sites for hydroxylation is 1. The number of piperidine rings is 1. The predicted molar refractivity (Wildman–Crippen MR) is 123 cm³/mol. The highest BCUT2D eigenvalue weighted by atomic mass is 16.5. The van der Waals surface area contributed by atoms with Crippen LogP contribution in [-0.2, 0) is 4.79 Å². The summed E-state index contributed by atoms with van der Waals surface area (Å²) >= 11 is 0. The van der Waals surface area contributed by atoms with E-state index < -0.39 is 0 Å². The Hall–Kier alpha value is -3.02. The summed E-state index contributed by atoms with van der Waals surface area (Å²) in [4.78, 5) is 28.7. The van der Waals surface area contributed by atoms with Crippen molar-refractivity contribution >= 4 is 11.8 Å². The molecule has 0 unspecified atom stereocenters. The molecule has 4 rings (SSSR count). The quantitative estimate of drug-likeness (QED) is 0.660. The van der Waals surface area contributed by atoms with Crippen molar-refractivity contribution in [3.63, 3.8) is 0 Å². The summed E-state index contributed by atoms with van der Waals surface area (Å²) in [6, 6.07) is 15.2. The molecule has 2 aromatic rings. The van der Waals surface area contributed by atoms with Crippen molar-refractivity contribution < 1.29 is 19.1 Å². The largest absolute Gasteiger partial charge is 0.493 e. The lowest BCUT2D eigenvalue weighted by atomic mass is 9.98. The molecule has 0 N–H and O–H groups in total. The fourth-order valence-corrected chi connectivity index (χ4v) is 4.30. The highest BCUT2D eigenvalue weighted by Gasteiger charge is 2.24. The summed E-state index contributed by atoms with van der Waals surface area (Å²) in [7, 11) is 0. The Labute approximate surface area is 190 Å². The number of nitrogens with zero attached hydrogens (tertiary/aromatic N) is 2. The topological polar surface area (TPSA) is 59.1 Å². The average molecular weight is 437 g/mol. The van der Waals surface area contributed by atoms with E-state index in [0.717, 1.165) is 74.5 Å². The number of rotatable bonds is 7. The number of hydrogen-bond acceptors (Lipinski definition) is 4. The fraction of sp³-hybridized carbons (Fsp3) is 0.462. The first kappa shape index (κ1) is 22.2. The van der Waals surface area contributed by atoms with Crippen LogP contribution in [0.4, 0.5) is 0 Å². The van der Waals surface area contributed by atoms with Gasteiger partial charge in [-0.2, -0.15) is 0 Å². The molecule has 170 valence electrons. The second kappa shape index (κ2) is 10.5. The minimum Gasteiger partial charge on any atom is -0.493 e. The van der Waals surface area contributed by atoms with Gasteiger partial charge in [0.1, 0.15) is 11.5 Å². The lowest BCUT2D eigenvalue weighted by Crippen LogP contribution is -2.42. The maximum Gasteiger partial charge on any atom is 0.260 e. The van der Waals surface area contributed by atoms with Crippen LogP contribution in [0.1, 0.15) is 41.6 Å². The molecule has 2 saturated heterocycles. The Balaban J connectivity index is 1.17. The minimum atomic E-state index is 0.0316. The van der Waals surface area contributed by atoms with E-state index in [9.17, 15) is 9.59 Å². The van der Waals surface area contributed by atoms with Crippen molar-refractivity contribution in [3.8, 4) is 11.5 Å². The van der Waals surface area contributed by atoms with Crippen molar-refractivity contribution in [2.24, 2.45) is 5.92 Å². The molecule has 0 radical (unpaired) electrons. The molecule has 0 spiro atoms. The van der Waals surface area contributed by atoms with Crippen LogP contribution in [0.15, 0.2) is 48.5 Å². The third-order valence-electron chi connectivity index (χ3n) is 6.30. The molecule has 0 saturated carbocycles. The van der Waals surface area contributed by atoms with Crippen LogP contribution in [0.3, 0.4) is 0 Å². The van der Waals surface area contributed by atoms with Gasteiger partial charge in [-0.15, -0.1) is 0 Å². The maximum absolute atomic E-state index is 12.5. The highest BCUT2D eigenvalue weighted by Crippen LogP contribution is 2.21. The molecule has 32 heavy (non-hydrogen) atoms. The van der Waals surface area contributed by atoms with Gasteiger partial charge in [-0.05, 0) is 80.5 Å². The molecule has 6 nitrogen and oxygen atoms in total. The van der Waals surface area contributed by atoms with Crippen LogP contribution in [0.5, 0.6) is 11.5 Å². The lowest BCUT2D eigenvalue weighted by molar-refractivity contribution is -0.134. The van der Waals surface area contributed by atoms with Crippen LogP contribution in [0, 0.1) is 12.8 Å². The predicted octanol–water partition coefficient (Wildman–Crippen LogP) is 3.93. The Kier molecular flexibility index (Phi) is 7.30. The molecule has 0 atom stereocenters. The molecule has 2 aliphatic rings. The van der Waals surface area contributed by atoms with Crippen molar-refractivity contribution in [1.29, 1.82) is 0 Å². The first-order valence-corrected chi connectivity index (χ1v) is 11.6. The maximum atomic E-state index is 12.5. The van der Waals surface area contributed by atoms with E-state index in [1.54, 1.807) is 0 Å². The van der Waals surface area contributed by atoms with E-state index >= 15 is 0 Å². The Morgan fingerprint density at radius 1 is 0.875 bits per heavy atom. The van der Waals surface area contributed by atoms with E-state index in [0.29, 0.717) is 12.5 Å². The van der Waals surface area contributed by atoms with Crippen molar-refractivity contribution in [1.82, 2.24) is 9.80 Å². The van der Waals surface area contributed by atoms with Gasteiger partial charge in [0.05, 0.1) is 6.61 Å². The molecule has 2 aliphatic heterocycles. The average Bonchev–Trinajstić information content (AvgIpc) is 3.36. The molecule has 2 heterocycles. The van der Waals surface area contributed by atoms with E-state index in [2.05, 4.69) is 0 Å². The summed E-state index contributed by atoms with van der Waals surface area (Å²) in [6.45, 7) is 5.88. The number of ether oxygens (including phenoxy) is 2. The van der Waals surface area contributed by atoms with Gasteiger partial charge in [0.25, 0.3) is 11.8 Å². The van der Waals surface area contributed by atoms with Crippen LogP contribution in [0.25, 0.3) is 0 Å². The SMILES string of the molecule is Cc1cccc(OCC(=O)N2CCC(COc3ccc(C(=O)N4CCCC4)cc3)CC2)c1. The summed E-state index contributed by atoms with van der Waals surface area (Å²) < 4.78 is 11.6. The smallest absolute Gasteiger partial charge is 0.260 e. The highest BCUT2D eigenvalue weighted by molar-refractivity contribution is 5.94. The molecular weight excluding hydrogens is 404 g/mol. The zero-order chi connectivity index (χ0) is 22.3. The minimum absolute atomic E-state index is 0.0316. The van der Waals surface area contributed by atoms with Crippen LogP contribution in [0.2, 0.25) is 0 Å². The van der Waals surface area contributed by atoms with Gasteiger partial charge >= 0.3 is 0 Å². The Bertz CT molecular complexity index is 914. The molecule has 2 amide bonds. The summed E-state index contributed by atoms with van der Waals surface area (Å²) in [5.74, 6) is 2.08. The number of amides is 2. The van der Waals surface area contributed by atoms with Crippen molar-refractivity contribution in [2.45, 2.75) is 32.6 Å². The standard InChI is InChI=1S/C26H32N2O4/c1-20-5-4-6-24(17-20)32-19-25(29)27-15-11-21(12-16-27)18-31-23-9-7-22(8-10-23)26(30)28-13-2-3-14-28/h4-10,17,21H,2-3,11-16,18-19H2,1H3. The first-order valence-electron chi connectivity index (χ1n) is 11.6. The van der Waals surface area contributed by atoms with Crippen molar-refractivity contribution in [3.05, 3.63) is 59.7 Å². The second-order valence-corrected chi connectivity index (χ2v) is 8.76. The van der Waals surface area contributed by atoms with Gasteiger partial charge in [-0.25, -0.2) is 0 Å². The lowest BCUT2D eigenvalue weighted by Gasteiger charge is -2.31. The van der Waals surface area contributed by atoms with E-state index in [1.807, 2.05) is 65.3 Å². The van der Waals surface area contributed by atoms with Crippen molar-refractivity contribution in [2.75, 3.05) is 39.4 Å². The fourth-order valence-electron chi connectivity index (χ4n) is 4.30. The Morgan fingerprint density at radius 3 is 2.28 bits per heavy atom. The first-order chi connectivity index (χ1) is 15.6. The number of benzene rings is 2. The second-order valence-electron chi connectivity index (χ2n) is 8.76. The normalized spacial score (nSPS) is 16.8. The van der Waals surface area contributed by atoms with E-state index in [1.165, 1.54) is 0 Å². The van der Waals surface area contributed by atoms with Gasteiger partial charge in [0, 0.05) is 31.7 Å². The van der Waals surface area contributed by atoms with Crippen LogP contribution in [-0.4, -0.2) is 61.0 Å². The van der Waals surface area contributed by atoms with Gasteiger partial charge in [-0.1, -0.05) is 12.1 Å². The van der Waals surface area contributed by atoms with Gasteiger partial charge < -0.3 is 19.3 Å². The third-order valence-corrected chi connectivity index (χ3v) is 6.30. The molecule has 0 aliphatic carbocycles. The third kappa shape index (κ3) is 5.81. The van der Waals surface area contributed by atoms with E-state index in [-0.39, 0.29) is 18.4 Å². The molecule has 2 fully saturated rings. The Morgan fingerprint density at radius 2 is 1.59 bits per heavy atom. The number of carbonyl (C=O) groups excluding carboxylic acids is 2. The molecule has 0 aromatic heterocycles. The number of likely N-dealkylation sites (tertiary alicyclic amines) is 2. The zero-order valence-electron chi connectivity index (χ0n) is 18.8. The summed E-state index contributed by atoms with van der Waals surface area (Å²) in [6.07, 6.45) is 4.03. The summed E-state index contributed by atoms with van der Waals surface area (Å²) in [5, 5.41) is 0. The number of hydrogen-bond donors (Lipinski definition) is 0. The van der Waals surface area contributed by atoms with Crippen LogP contribution < -0.4 is 9.47 Å². The zero-order valence-corrected chi connectivity index (χ0v) is 18.8. The molecular formula is C26H32N2O4. The van der Waals surface area contributed by atoms with Crippen LogP contribution >= 0.6 is 0 Å². The molecule has 2 aromatic carbocycles. The molecule has 0 bridgehead atoms. The van der Waals surface area contributed by atoms with Gasteiger partial charge in [-0.3, -0.25) is 9.59 Å². The van der Waals surface area contributed by atoms with Gasteiger partial charge in [0.2, 0.25) is 0 Å². The molecule has 6 heteroatoms. The van der Waals surface area contributed by atoms with E-state index in [4.69, 9.17) is 9.47 Å². The van der Waals surface area contributed by atoms with Gasteiger partial charge in [0.15, 0.2) is 6.61 Å². The monoisotopic (exact) mass is 436 g/mol.